The highest BCUT2D eigenvalue weighted by Crippen LogP contribution is 2.35. The van der Waals surface area contributed by atoms with Crippen LogP contribution in [0.5, 0.6) is 11.5 Å². The van der Waals surface area contributed by atoms with Crippen molar-refractivity contribution in [2.75, 3.05) is 26.2 Å². The monoisotopic (exact) mass is 535 g/mol. The molecule has 0 bridgehead atoms. The number of nitrogens with zero attached hydrogens (tertiary/aromatic N) is 5. The number of hydrogen-bond donors (Lipinski definition) is 3. The Morgan fingerprint density at radius 3 is 2.65 bits per heavy atom. The summed E-state index contributed by atoms with van der Waals surface area (Å²) < 4.78 is 20.6. The van der Waals surface area contributed by atoms with Crippen LogP contribution in [0, 0.1) is 5.82 Å². The third kappa shape index (κ3) is 4.62. The Labute approximate surface area is 228 Å². The van der Waals surface area contributed by atoms with Gasteiger partial charge in [-0.15, -0.1) is 0 Å². The third-order valence-electron chi connectivity index (χ3n) is 7.32. The van der Waals surface area contributed by atoms with E-state index in [9.17, 15) is 9.50 Å². The highest BCUT2D eigenvalue weighted by atomic mass is 19.1. The Morgan fingerprint density at radius 2 is 1.77 bits per heavy atom. The van der Waals surface area contributed by atoms with E-state index in [2.05, 4.69) is 35.0 Å². The number of ether oxygens (including phenoxy) is 1. The van der Waals surface area contributed by atoms with Gasteiger partial charge in [0.05, 0.1) is 11.9 Å². The minimum atomic E-state index is -0.354. The predicted octanol–water partition coefficient (Wildman–Crippen LogP) is 5.55. The molecule has 0 amide bonds. The lowest BCUT2D eigenvalue weighted by molar-refractivity contribution is 0.237. The van der Waals surface area contributed by atoms with E-state index in [1.807, 2.05) is 24.3 Å². The highest BCUT2D eigenvalue weighted by Gasteiger charge is 2.17. The minimum absolute atomic E-state index is 0.0803. The van der Waals surface area contributed by atoms with Gasteiger partial charge in [-0.05, 0) is 73.5 Å². The average Bonchev–Trinajstić information content (AvgIpc) is 3.72. The van der Waals surface area contributed by atoms with Crippen LogP contribution in [0.1, 0.15) is 12.8 Å². The maximum Gasteiger partial charge on any atom is 0.155 e. The van der Waals surface area contributed by atoms with E-state index in [4.69, 9.17) is 4.74 Å². The molecule has 1 fully saturated rings. The van der Waals surface area contributed by atoms with E-state index in [0.29, 0.717) is 34.9 Å². The summed E-state index contributed by atoms with van der Waals surface area (Å²) in [5.74, 6) is 0.234. The summed E-state index contributed by atoms with van der Waals surface area (Å²) in [6.07, 6.45) is 8.92. The summed E-state index contributed by atoms with van der Waals surface area (Å²) in [6, 6.07) is 12.2. The molecule has 10 heteroatoms. The first-order valence-corrected chi connectivity index (χ1v) is 13.2. The second-order valence-electron chi connectivity index (χ2n) is 10.0. The minimum Gasteiger partial charge on any atom is -0.506 e. The lowest BCUT2D eigenvalue weighted by Crippen LogP contribution is -2.25. The second-order valence-corrected chi connectivity index (χ2v) is 10.0. The van der Waals surface area contributed by atoms with E-state index in [1.165, 1.54) is 31.2 Å². The van der Waals surface area contributed by atoms with Gasteiger partial charge in [0.25, 0.3) is 0 Å². The molecule has 1 saturated heterocycles. The molecule has 9 nitrogen and oxygen atoms in total. The van der Waals surface area contributed by atoms with Crippen LogP contribution >= 0.6 is 0 Å². The Morgan fingerprint density at radius 1 is 0.900 bits per heavy atom. The van der Waals surface area contributed by atoms with Crippen molar-refractivity contribution in [3.63, 3.8) is 0 Å². The Balaban J connectivity index is 1.23. The molecule has 0 saturated carbocycles. The fourth-order valence-electron chi connectivity index (χ4n) is 5.36. The normalized spacial score (nSPS) is 13.9. The van der Waals surface area contributed by atoms with Gasteiger partial charge in [-0.25, -0.2) is 14.4 Å². The molecule has 200 valence electrons. The van der Waals surface area contributed by atoms with Crippen LogP contribution in [0.4, 0.5) is 4.39 Å². The maximum absolute atomic E-state index is 14.7. The molecule has 6 aromatic rings. The Kier molecular flexibility index (Phi) is 6.09. The predicted molar refractivity (Wildman–Crippen MR) is 150 cm³/mol. The number of fused-ring (bicyclic) bond motifs is 2. The van der Waals surface area contributed by atoms with E-state index in [1.54, 1.807) is 24.7 Å². The molecule has 7 rings (SSSR count). The summed E-state index contributed by atoms with van der Waals surface area (Å²) >= 11 is 0. The van der Waals surface area contributed by atoms with Crippen LogP contribution in [-0.4, -0.2) is 66.4 Å². The van der Waals surface area contributed by atoms with Crippen LogP contribution in [0.3, 0.4) is 0 Å². The average molecular weight is 536 g/mol. The van der Waals surface area contributed by atoms with Gasteiger partial charge in [0.2, 0.25) is 0 Å². The van der Waals surface area contributed by atoms with Crippen LogP contribution in [0.15, 0.2) is 67.3 Å². The van der Waals surface area contributed by atoms with Crippen LogP contribution < -0.4 is 4.74 Å². The van der Waals surface area contributed by atoms with Crippen LogP contribution in [0.2, 0.25) is 0 Å². The molecule has 1 aliphatic heterocycles. The molecular formula is C30H26FN7O2. The number of hydrogen-bond acceptors (Lipinski definition) is 7. The molecule has 0 atom stereocenters. The summed E-state index contributed by atoms with van der Waals surface area (Å²) in [4.78, 5) is 18.8. The van der Waals surface area contributed by atoms with Crippen molar-refractivity contribution >= 4 is 22.1 Å². The number of likely N-dealkylation sites (tertiary alicyclic amines) is 1. The van der Waals surface area contributed by atoms with Crippen LogP contribution in [-0.2, 0) is 0 Å². The number of pyridine rings is 3. The molecule has 0 radical (unpaired) electrons. The summed E-state index contributed by atoms with van der Waals surface area (Å²) in [7, 11) is 0. The number of aromatic amines is 2. The lowest BCUT2D eigenvalue weighted by atomic mass is 10.0. The Bertz CT molecular complexity index is 1840. The van der Waals surface area contributed by atoms with E-state index in [-0.39, 0.29) is 11.6 Å². The van der Waals surface area contributed by atoms with Gasteiger partial charge >= 0.3 is 0 Å². The molecule has 5 aromatic heterocycles. The molecule has 6 heterocycles. The molecule has 0 unspecified atom stereocenters. The first-order chi connectivity index (χ1) is 19.6. The SMILES string of the molecule is Oc1cncc(-c2cnc3[nH]nc(-c4cc5c(-c6cc(F)cc(OCCN7CCCC7)c6)ccnc5[nH]4)c3c2)c1. The topological polar surface area (TPSA) is 116 Å². The van der Waals surface area contributed by atoms with E-state index < -0.39 is 0 Å². The van der Waals surface area contributed by atoms with Crippen molar-refractivity contribution in [3.8, 4) is 45.1 Å². The van der Waals surface area contributed by atoms with Crippen molar-refractivity contribution in [2.45, 2.75) is 12.8 Å². The summed E-state index contributed by atoms with van der Waals surface area (Å²) in [5.41, 5.74) is 5.78. The first-order valence-electron chi connectivity index (χ1n) is 13.2. The van der Waals surface area contributed by atoms with Gasteiger partial charge in [0.15, 0.2) is 5.65 Å². The standard InChI is InChI=1S/C30H26FN7O2/c31-21-9-18(11-23(13-21)40-8-7-38-5-1-2-6-38)24-3-4-33-29-25(24)14-27(35-29)28-26-12-20(16-34-30(26)37-36-28)19-10-22(39)17-32-15-19/h3-4,9-17,39H,1-2,5-8H2,(H,33,35)(H,34,36,37). The summed E-state index contributed by atoms with van der Waals surface area (Å²) in [6.45, 7) is 3.54. The highest BCUT2D eigenvalue weighted by molar-refractivity contribution is 5.99. The van der Waals surface area contributed by atoms with E-state index >= 15 is 0 Å². The number of nitrogens with one attached hydrogen (secondary N) is 2. The van der Waals surface area contributed by atoms with Gasteiger partial charge in [-0.2, -0.15) is 5.10 Å². The number of H-pyrrole nitrogens is 2. The largest absolute Gasteiger partial charge is 0.506 e. The van der Waals surface area contributed by atoms with Crippen molar-refractivity contribution < 1.29 is 14.2 Å². The fourth-order valence-corrected chi connectivity index (χ4v) is 5.36. The van der Waals surface area contributed by atoms with Gasteiger partial charge in [0.1, 0.15) is 35.3 Å². The van der Waals surface area contributed by atoms with Gasteiger partial charge in [0, 0.05) is 53.1 Å². The quantitative estimate of drug-likeness (QED) is 0.245. The van der Waals surface area contributed by atoms with Crippen LogP contribution in [0.25, 0.3) is 55.7 Å². The molecule has 1 aromatic carbocycles. The fraction of sp³-hybridized carbons (Fsp3) is 0.200. The third-order valence-corrected chi connectivity index (χ3v) is 7.32. The number of halogens is 1. The van der Waals surface area contributed by atoms with Crippen molar-refractivity contribution in [1.82, 2.24) is 35.0 Å². The zero-order chi connectivity index (χ0) is 27.1. The smallest absolute Gasteiger partial charge is 0.155 e. The Hall–Kier alpha value is -4.83. The number of aromatic hydroxyl groups is 1. The number of rotatable bonds is 7. The van der Waals surface area contributed by atoms with Gasteiger partial charge in [-0.3, -0.25) is 15.0 Å². The molecule has 0 aliphatic carbocycles. The molecule has 40 heavy (non-hydrogen) atoms. The maximum atomic E-state index is 14.7. The lowest BCUT2D eigenvalue weighted by Gasteiger charge is -2.15. The summed E-state index contributed by atoms with van der Waals surface area (Å²) in [5, 5.41) is 19.0. The molecule has 0 spiro atoms. The van der Waals surface area contributed by atoms with Crippen molar-refractivity contribution in [3.05, 3.63) is 73.1 Å². The van der Waals surface area contributed by atoms with E-state index in [0.717, 1.165) is 52.8 Å². The van der Waals surface area contributed by atoms with Crippen molar-refractivity contribution in [2.24, 2.45) is 0 Å². The number of aromatic nitrogens is 6. The zero-order valence-corrected chi connectivity index (χ0v) is 21.6. The van der Waals surface area contributed by atoms with Gasteiger partial charge < -0.3 is 14.8 Å². The molecular weight excluding hydrogens is 509 g/mol. The van der Waals surface area contributed by atoms with Gasteiger partial charge in [-0.1, -0.05) is 0 Å². The first kappa shape index (κ1) is 24.2. The second kappa shape index (κ2) is 10.0. The van der Waals surface area contributed by atoms with Crippen molar-refractivity contribution in [1.29, 1.82) is 0 Å². The zero-order valence-electron chi connectivity index (χ0n) is 21.6. The number of benzene rings is 1. The molecule has 1 aliphatic rings. The molecule has 3 N–H and O–H groups in total.